The van der Waals surface area contributed by atoms with Gasteiger partial charge in [0.25, 0.3) is 5.91 Å². The van der Waals surface area contributed by atoms with Gasteiger partial charge in [-0.25, -0.2) is 4.68 Å². The number of para-hydroxylation sites is 2. The van der Waals surface area contributed by atoms with Gasteiger partial charge < -0.3 is 10.2 Å². The molecule has 0 atom stereocenters. The largest absolute Gasteiger partial charge is 0.418 e. The third-order valence-corrected chi connectivity index (χ3v) is 4.62. The molecule has 1 N–H and O–H groups in total. The number of nitrogens with zero attached hydrogens (tertiary/aromatic N) is 3. The van der Waals surface area contributed by atoms with Gasteiger partial charge in [-0.1, -0.05) is 30.3 Å². The normalized spacial score (nSPS) is 11.3. The van der Waals surface area contributed by atoms with E-state index in [1.807, 2.05) is 30.3 Å². The van der Waals surface area contributed by atoms with E-state index in [1.54, 1.807) is 24.6 Å². The van der Waals surface area contributed by atoms with Crippen LogP contribution in [-0.4, -0.2) is 39.6 Å². The Morgan fingerprint density at radius 1 is 1.06 bits per heavy atom. The van der Waals surface area contributed by atoms with Crippen molar-refractivity contribution in [3.05, 3.63) is 77.6 Å². The Labute approximate surface area is 177 Å². The van der Waals surface area contributed by atoms with Crippen LogP contribution >= 0.6 is 0 Å². The number of nitrogens with one attached hydrogen (secondary N) is 1. The van der Waals surface area contributed by atoms with E-state index >= 15 is 0 Å². The summed E-state index contributed by atoms with van der Waals surface area (Å²) in [5.41, 5.74) is 0.354. The lowest BCUT2D eigenvalue weighted by Gasteiger charge is -2.20. The van der Waals surface area contributed by atoms with Gasteiger partial charge in [0.1, 0.15) is 6.54 Å². The van der Waals surface area contributed by atoms with Crippen molar-refractivity contribution >= 4 is 17.5 Å². The average molecular weight is 430 g/mol. The van der Waals surface area contributed by atoms with Crippen molar-refractivity contribution < 1.29 is 22.8 Å². The number of aromatic nitrogens is 2. The van der Waals surface area contributed by atoms with Gasteiger partial charge in [-0.05, 0) is 44.2 Å². The predicted molar refractivity (Wildman–Crippen MR) is 110 cm³/mol. The fourth-order valence-corrected chi connectivity index (χ4v) is 3.10. The maximum Gasteiger partial charge on any atom is 0.418 e. The van der Waals surface area contributed by atoms with Crippen LogP contribution in [0.2, 0.25) is 0 Å². The number of hydrogen-bond donors (Lipinski definition) is 1. The van der Waals surface area contributed by atoms with Crippen LogP contribution in [0.1, 0.15) is 28.7 Å². The van der Waals surface area contributed by atoms with Gasteiger partial charge in [-0.15, -0.1) is 0 Å². The van der Waals surface area contributed by atoms with E-state index in [2.05, 4.69) is 10.4 Å². The molecule has 0 fully saturated rings. The number of alkyl halides is 3. The maximum atomic E-state index is 13.1. The smallest absolute Gasteiger partial charge is 0.328 e. The fourth-order valence-electron chi connectivity index (χ4n) is 3.10. The van der Waals surface area contributed by atoms with Crippen molar-refractivity contribution in [3.8, 4) is 5.69 Å². The fraction of sp³-hybridized carbons (Fsp3) is 0.227. The molecule has 3 rings (SSSR count). The summed E-state index contributed by atoms with van der Waals surface area (Å²) in [6.07, 6.45) is -4.61. The Morgan fingerprint density at radius 3 is 2.35 bits per heavy atom. The summed E-state index contributed by atoms with van der Waals surface area (Å²) in [5.74, 6) is -1.22. The number of rotatable bonds is 6. The van der Waals surface area contributed by atoms with Crippen LogP contribution in [0.25, 0.3) is 5.69 Å². The summed E-state index contributed by atoms with van der Waals surface area (Å²) in [6.45, 7) is 3.26. The first-order chi connectivity index (χ1) is 14.7. The lowest BCUT2D eigenvalue weighted by atomic mass is 10.1. The van der Waals surface area contributed by atoms with Crippen LogP contribution < -0.4 is 5.32 Å². The molecule has 31 heavy (non-hydrogen) atoms. The second-order valence-electron chi connectivity index (χ2n) is 6.83. The third kappa shape index (κ3) is 5.11. The van der Waals surface area contributed by atoms with Gasteiger partial charge in [0.2, 0.25) is 5.91 Å². The molecule has 2 aromatic carbocycles. The van der Waals surface area contributed by atoms with Crippen LogP contribution in [0.15, 0.2) is 60.7 Å². The second kappa shape index (κ2) is 9.03. The van der Waals surface area contributed by atoms with E-state index in [0.29, 0.717) is 0 Å². The first-order valence-electron chi connectivity index (χ1n) is 9.58. The summed E-state index contributed by atoms with van der Waals surface area (Å²) in [7, 11) is 0. The molecule has 0 saturated carbocycles. The van der Waals surface area contributed by atoms with Crippen molar-refractivity contribution in [2.75, 3.05) is 18.4 Å². The Hall–Kier alpha value is -3.62. The van der Waals surface area contributed by atoms with Crippen LogP contribution in [0.5, 0.6) is 0 Å². The predicted octanol–water partition coefficient (Wildman–Crippen LogP) is 4.30. The molecular weight excluding hydrogens is 409 g/mol. The molecule has 1 aromatic heterocycles. The minimum absolute atomic E-state index is 0.145. The minimum atomic E-state index is -4.61. The van der Waals surface area contributed by atoms with Crippen LogP contribution in [-0.2, 0) is 11.0 Å². The monoisotopic (exact) mass is 430 g/mol. The highest BCUT2D eigenvalue weighted by molar-refractivity contribution is 5.98. The van der Waals surface area contributed by atoms with Crippen molar-refractivity contribution in [2.24, 2.45) is 0 Å². The second-order valence-corrected chi connectivity index (χ2v) is 6.83. The van der Waals surface area contributed by atoms with Gasteiger partial charge in [0.15, 0.2) is 5.69 Å². The number of anilines is 1. The molecule has 6 nitrogen and oxygen atoms in total. The van der Waals surface area contributed by atoms with Crippen molar-refractivity contribution in [2.45, 2.75) is 20.0 Å². The summed E-state index contributed by atoms with van der Waals surface area (Å²) >= 11 is 0. The molecule has 0 bridgehead atoms. The summed E-state index contributed by atoms with van der Waals surface area (Å²) < 4.78 is 41.0. The van der Waals surface area contributed by atoms with Crippen molar-refractivity contribution in [1.82, 2.24) is 14.7 Å². The Balaban J connectivity index is 1.75. The molecule has 0 spiro atoms. The minimum Gasteiger partial charge on any atom is -0.328 e. The molecular formula is C22H21F3N4O2. The number of halogens is 3. The van der Waals surface area contributed by atoms with E-state index < -0.39 is 30.1 Å². The van der Waals surface area contributed by atoms with E-state index in [9.17, 15) is 22.8 Å². The van der Waals surface area contributed by atoms with Crippen LogP contribution in [0.3, 0.4) is 0 Å². The highest BCUT2D eigenvalue weighted by Gasteiger charge is 2.33. The highest BCUT2D eigenvalue weighted by atomic mass is 19.4. The molecule has 0 radical (unpaired) electrons. The summed E-state index contributed by atoms with van der Waals surface area (Å²) in [5, 5.41) is 6.58. The molecule has 2 amide bonds. The molecule has 9 heteroatoms. The molecule has 162 valence electrons. The van der Waals surface area contributed by atoms with Gasteiger partial charge in [0.05, 0.1) is 16.9 Å². The van der Waals surface area contributed by atoms with Crippen LogP contribution in [0.4, 0.5) is 18.9 Å². The van der Waals surface area contributed by atoms with Gasteiger partial charge in [0, 0.05) is 12.2 Å². The standard InChI is InChI=1S/C22H21F3N4O2/c1-3-28(14-20(30)26-18-12-8-7-11-17(18)22(23,24)25)21(31)19-13-15(2)29(27-19)16-9-5-4-6-10-16/h4-13H,3,14H2,1-2H3,(H,26,30). The number of carbonyl (C=O) groups excluding carboxylic acids is 2. The van der Waals surface area contributed by atoms with E-state index in [1.165, 1.54) is 23.1 Å². The molecule has 0 unspecified atom stereocenters. The molecule has 0 aliphatic heterocycles. The summed E-state index contributed by atoms with van der Waals surface area (Å²) in [6, 6.07) is 15.5. The van der Waals surface area contributed by atoms with Gasteiger partial charge in [-0.2, -0.15) is 18.3 Å². The average Bonchev–Trinajstić information content (AvgIpc) is 3.13. The van der Waals surface area contributed by atoms with Crippen LogP contribution in [0, 0.1) is 6.92 Å². The van der Waals surface area contributed by atoms with E-state index in [-0.39, 0.29) is 17.9 Å². The Kier molecular flexibility index (Phi) is 6.43. The van der Waals surface area contributed by atoms with Crippen molar-refractivity contribution in [1.29, 1.82) is 0 Å². The number of likely N-dealkylation sites (N-methyl/N-ethyl adjacent to an activating group) is 1. The van der Waals surface area contributed by atoms with Crippen molar-refractivity contribution in [3.63, 3.8) is 0 Å². The number of carbonyl (C=O) groups is 2. The number of aryl methyl sites for hydroxylation is 1. The third-order valence-electron chi connectivity index (χ3n) is 4.62. The number of benzene rings is 2. The Bertz CT molecular complexity index is 1080. The number of amides is 2. The lowest BCUT2D eigenvalue weighted by Crippen LogP contribution is -2.38. The molecule has 0 aliphatic rings. The molecule has 3 aromatic rings. The van der Waals surface area contributed by atoms with Gasteiger partial charge in [-0.3, -0.25) is 9.59 Å². The van der Waals surface area contributed by atoms with Gasteiger partial charge >= 0.3 is 6.18 Å². The zero-order chi connectivity index (χ0) is 22.6. The van der Waals surface area contributed by atoms with E-state index in [4.69, 9.17) is 0 Å². The van der Waals surface area contributed by atoms with E-state index in [0.717, 1.165) is 17.4 Å². The molecule has 1 heterocycles. The SMILES string of the molecule is CCN(CC(=O)Nc1ccccc1C(F)(F)F)C(=O)c1cc(C)n(-c2ccccc2)n1. The zero-order valence-electron chi connectivity index (χ0n) is 17.0. The lowest BCUT2D eigenvalue weighted by molar-refractivity contribution is -0.137. The maximum absolute atomic E-state index is 13.1. The molecule has 0 aliphatic carbocycles. The quantitative estimate of drug-likeness (QED) is 0.634. The Morgan fingerprint density at radius 2 is 1.71 bits per heavy atom. The number of hydrogen-bond acceptors (Lipinski definition) is 3. The highest BCUT2D eigenvalue weighted by Crippen LogP contribution is 2.34. The first-order valence-corrected chi connectivity index (χ1v) is 9.58. The topological polar surface area (TPSA) is 67.2 Å². The molecule has 0 saturated heterocycles. The zero-order valence-corrected chi connectivity index (χ0v) is 17.0. The summed E-state index contributed by atoms with van der Waals surface area (Å²) in [4.78, 5) is 26.5. The first kappa shape index (κ1) is 22.1.